The van der Waals surface area contributed by atoms with E-state index in [1.165, 1.54) is 39.0 Å². The van der Waals surface area contributed by atoms with Gasteiger partial charge in [-0.3, -0.25) is 14.5 Å². The summed E-state index contributed by atoms with van der Waals surface area (Å²) in [6.07, 6.45) is 8.20. The molecular formula is C21H31N3O2. The average Bonchev–Trinajstić information content (AvgIpc) is 3.05. The Morgan fingerprint density at radius 1 is 1.19 bits per heavy atom. The maximum Gasteiger partial charge on any atom is 0.243 e. The number of nitrogens with one attached hydrogen (secondary N) is 1. The number of rotatable bonds is 6. The van der Waals surface area contributed by atoms with Crippen molar-refractivity contribution in [2.24, 2.45) is 0 Å². The van der Waals surface area contributed by atoms with Gasteiger partial charge in [0.1, 0.15) is 6.04 Å². The van der Waals surface area contributed by atoms with Crippen LogP contribution in [0.5, 0.6) is 0 Å². The molecule has 0 spiro atoms. The van der Waals surface area contributed by atoms with Gasteiger partial charge in [-0.2, -0.15) is 0 Å². The third-order valence-corrected chi connectivity index (χ3v) is 5.80. The van der Waals surface area contributed by atoms with Crippen LogP contribution in [0.1, 0.15) is 51.0 Å². The minimum atomic E-state index is -0.416. The SMILES string of the molecule is CC(=O)N1c2ccccc2C[C@H]1C(=O)NCCCN(C)C1CCCCC1. The van der Waals surface area contributed by atoms with Crippen LogP contribution in [-0.4, -0.2) is 48.9 Å². The van der Waals surface area contributed by atoms with Crippen LogP contribution in [-0.2, 0) is 16.0 Å². The fourth-order valence-electron chi connectivity index (χ4n) is 4.35. The number of benzene rings is 1. The summed E-state index contributed by atoms with van der Waals surface area (Å²) < 4.78 is 0. The van der Waals surface area contributed by atoms with E-state index in [9.17, 15) is 9.59 Å². The monoisotopic (exact) mass is 357 g/mol. The minimum absolute atomic E-state index is 0.0447. The Bertz CT molecular complexity index is 640. The van der Waals surface area contributed by atoms with E-state index in [2.05, 4.69) is 17.3 Å². The van der Waals surface area contributed by atoms with Gasteiger partial charge < -0.3 is 10.2 Å². The number of nitrogens with zero attached hydrogens (tertiary/aromatic N) is 2. The highest BCUT2D eigenvalue weighted by Gasteiger charge is 2.36. The lowest BCUT2D eigenvalue weighted by molar-refractivity contribution is -0.125. The Morgan fingerprint density at radius 2 is 1.92 bits per heavy atom. The number of carbonyl (C=O) groups excluding carboxylic acids is 2. The van der Waals surface area contributed by atoms with Crippen LogP contribution < -0.4 is 10.2 Å². The molecular weight excluding hydrogens is 326 g/mol. The zero-order valence-electron chi connectivity index (χ0n) is 16.0. The summed E-state index contributed by atoms with van der Waals surface area (Å²) in [5, 5.41) is 3.04. The fraction of sp³-hybridized carbons (Fsp3) is 0.619. The number of amides is 2. The molecule has 0 radical (unpaired) electrons. The first-order valence-corrected chi connectivity index (χ1v) is 9.93. The maximum absolute atomic E-state index is 12.7. The Hall–Kier alpha value is -1.88. The molecule has 1 aromatic rings. The molecule has 1 fully saturated rings. The van der Waals surface area contributed by atoms with Gasteiger partial charge in [-0.25, -0.2) is 0 Å². The standard InChI is InChI=1S/C21H31N3O2/c1-16(25)24-19-12-7-6-9-17(19)15-20(24)21(26)22-13-8-14-23(2)18-10-4-3-5-11-18/h6-7,9,12,18,20H,3-5,8,10-11,13-15H2,1-2H3,(H,22,26)/t20-/m0/s1. The van der Waals surface area contributed by atoms with Gasteiger partial charge in [-0.15, -0.1) is 0 Å². The van der Waals surface area contributed by atoms with Gasteiger partial charge in [-0.05, 0) is 44.5 Å². The van der Waals surface area contributed by atoms with Gasteiger partial charge in [-0.1, -0.05) is 37.5 Å². The molecule has 1 heterocycles. The molecule has 2 aliphatic rings. The number of carbonyl (C=O) groups is 2. The van der Waals surface area contributed by atoms with E-state index >= 15 is 0 Å². The predicted octanol–water partition coefficient (Wildman–Crippen LogP) is 2.74. The van der Waals surface area contributed by atoms with Crippen molar-refractivity contribution in [3.8, 4) is 0 Å². The number of para-hydroxylation sites is 1. The van der Waals surface area contributed by atoms with E-state index in [1.54, 1.807) is 4.90 Å². The van der Waals surface area contributed by atoms with Crippen LogP contribution in [0.15, 0.2) is 24.3 Å². The second-order valence-electron chi connectivity index (χ2n) is 7.65. The molecule has 142 valence electrons. The third-order valence-electron chi connectivity index (χ3n) is 5.80. The molecule has 0 unspecified atom stereocenters. The van der Waals surface area contributed by atoms with Crippen molar-refractivity contribution in [2.75, 3.05) is 25.0 Å². The lowest BCUT2D eigenvalue weighted by Gasteiger charge is -2.31. The molecule has 0 saturated heterocycles. The van der Waals surface area contributed by atoms with Crippen molar-refractivity contribution >= 4 is 17.5 Å². The van der Waals surface area contributed by atoms with E-state index in [-0.39, 0.29) is 11.8 Å². The summed E-state index contributed by atoms with van der Waals surface area (Å²) in [4.78, 5) is 28.8. The van der Waals surface area contributed by atoms with Crippen LogP contribution >= 0.6 is 0 Å². The molecule has 1 atom stereocenters. The third kappa shape index (κ3) is 4.26. The predicted molar refractivity (Wildman–Crippen MR) is 104 cm³/mol. The van der Waals surface area contributed by atoms with Gasteiger partial charge in [0.2, 0.25) is 11.8 Å². The summed E-state index contributed by atoms with van der Waals surface area (Å²) in [5.41, 5.74) is 1.94. The number of anilines is 1. The van der Waals surface area contributed by atoms with Crippen molar-refractivity contribution in [3.63, 3.8) is 0 Å². The number of fused-ring (bicyclic) bond motifs is 1. The molecule has 1 saturated carbocycles. The van der Waals surface area contributed by atoms with Crippen LogP contribution in [0.25, 0.3) is 0 Å². The molecule has 0 bridgehead atoms. The summed E-state index contributed by atoms with van der Waals surface area (Å²) in [6.45, 7) is 3.20. The van der Waals surface area contributed by atoms with Crippen molar-refractivity contribution in [1.82, 2.24) is 10.2 Å². The highest BCUT2D eigenvalue weighted by Crippen LogP contribution is 2.32. The van der Waals surface area contributed by atoms with Crippen LogP contribution in [0, 0.1) is 0 Å². The second kappa shape index (κ2) is 8.67. The maximum atomic E-state index is 12.7. The Morgan fingerprint density at radius 3 is 2.65 bits per heavy atom. The molecule has 1 aliphatic carbocycles. The van der Waals surface area contributed by atoms with Gasteiger partial charge in [0, 0.05) is 31.6 Å². The molecule has 3 rings (SSSR count). The summed E-state index contributed by atoms with van der Waals surface area (Å²) >= 11 is 0. The smallest absolute Gasteiger partial charge is 0.243 e. The quantitative estimate of drug-likeness (QED) is 0.797. The normalized spacial score (nSPS) is 20.3. The number of hydrogen-bond acceptors (Lipinski definition) is 3. The van der Waals surface area contributed by atoms with Crippen molar-refractivity contribution in [3.05, 3.63) is 29.8 Å². The lowest BCUT2D eigenvalue weighted by Crippen LogP contribution is -2.47. The van der Waals surface area contributed by atoms with Crippen LogP contribution in [0.2, 0.25) is 0 Å². The molecule has 5 heteroatoms. The topological polar surface area (TPSA) is 52.7 Å². The molecule has 1 N–H and O–H groups in total. The van der Waals surface area contributed by atoms with Gasteiger partial charge in [0.25, 0.3) is 0 Å². The number of hydrogen-bond donors (Lipinski definition) is 1. The highest BCUT2D eigenvalue weighted by atomic mass is 16.2. The Kier molecular flexibility index (Phi) is 6.30. The lowest BCUT2D eigenvalue weighted by atomic mass is 9.94. The first-order valence-electron chi connectivity index (χ1n) is 9.93. The molecule has 26 heavy (non-hydrogen) atoms. The van der Waals surface area contributed by atoms with Crippen LogP contribution in [0.3, 0.4) is 0 Å². The summed E-state index contributed by atoms with van der Waals surface area (Å²) in [5.74, 6) is -0.121. The van der Waals surface area contributed by atoms with Crippen molar-refractivity contribution in [1.29, 1.82) is 0 Å². The van der Waals surface area contributed by atoms with E-state index in [4.69, 9.17) is 0 Å². The Labute approximate surface area is 156 Å². The Balaban J connectivity index is 1.47. The van der Waals surface area contributed by atoms with Crippen LogP contribution in [0.4, 0.5) is 5.69 Å². The zero-order valence-corrected chi connectivity index (χ0v) is 16.0. The van der Waals surface area contributed by atoms with Gasteiger partial charge in [0.05, 0.1) is 0 Å². The molecule has 1 aliphatic heterocycles. The largest absolute Gasteiger partial charge is 0.354 e. The van der Waals surface area contributed by atoms with E-state index in [1.807, 2.05) is 24.3 Å². The van der Waals surface area contributed by atoms with Gasteiger partial charge in [0.15, 0.2) is 0 Å². The molecule has 0 aromatic heterocycles. The van der Waals surface area contributed by atoms with E-state index in [0.29, 0.717) is 19.0 Å². The second-order valence-corrected chi connectivity index (χ2v) is 7.65. The molecule has 2 amide bonds. The first-order chi connectivity index (χ1) is 12.6. The van der Waals surface area contributed by atoms with E-state index in [0.717, 1.165) is 24.2 Å². The van der Waals surface area contributed by atoms with Crippen molar-refractivity contribution < 1.29 is 9.59 Å². The van der Waals surface area contributed by atoms with Gasteiger partial charge >= 0.3 is 0 Å². The van der Waals surface area contributed by atoms with E-state index < -0.39 is 6.04 Å². The highest BCUT2D eigenvalue weighted by molar-refractivity contribution is 6.02. The minimum Gasteiger partial charge on any atom is -0.354 e. The molecule has 1 aromatic carbocycles. The average molecular weight is 357 g/mol. The van der Waals surface area contributed by atoms with Crippen molar-refractivity contribution in [2.45, 2.75) is 64.0 Å². The zero-order chi connectivity index (χ0) is 18.5. The summed E-state index contributed by atoms with van der Waals surface area (Å²) in [6, 6.07) is 8.08. The summed E-state index contributed by atoms with van der Waals surface area (Å²) in [7, 11) is 2.20. The fourth-order valence-corrected chi connectivity index (χ4v) is 4.35. The molecule has 5 nitrogen and oxygen atoms in total. The first kappa shape index (κ1) is 18.9.